The highest BCUT2D eigenvalue weighted by Crippen LogP contribution is 2.42. The first kappa shape index (κ1) is 27.9. The average Bonchev–Trinajstić information content (AvgIpc) is 3.01. The van der Waals surface area contributed by atoms with Crippen molar-refractivity contribution in [3.63, 3.8) is 0 Å². The largest absolute Gasteiger partial charge is 0.493 e. The van der Waals surface area contributed by atoms with Gasteiger partial charge in [-0.2, -0.15) is 0 Å². The highest BCUT2D eigenvalue weighted by Gasteiger charge is 2.31. The van der Waals surface area contributed by atoms with Crippen LogP contribution in [0.15, 0.2) is 60.7 Å². The molecule has 0 aliphatic carbocycles. The van der Waals surface area contributed by atoms with Crippen LogP contribution in [-0.2, 0) is 13.1 Å². The fourth-order valence-electron chi connectivity index (χ4n) is 6.26. The quantitative estimate of drug-likeness (QED) is 0.263. The van der Waals surface area contributed by atoms with E-state index < -0.39 is 0 Å². The van der Waals surface area contributed by atoms with E-state index in [-0.39, 0.29) is 0 Å². The van der Waals surface area contributed by atoms with Crippen LogP contribution in [0.2, 0.25) is 0 Å². The van der Waals surface area contributed by atoms with Gasteiger partial charge >= 0.3 is 0 Å². The lowest BCUT2D eigenvalue weighted by Gasteiger charge is -2.46. The highest BCUT2D eigenvalue weighted by molar-refractivity contribution is 5.74. The first-order valence-electron chi connectivity index (χ1n) is 14.2. The molecule has 216 valence electrons. The summed E-state index contributed by atoms with van der Waals surface area (Å²) in [7, 11) is 6.55. The molecule has 0 radical (unpaired) electrons. The predicted molar refractivity (Wildman–Crippen MR) is 171 cm³/mol. The lowest BCUT2D eigenvalue weighted by molar-refractivity contribution is 0.354. The van der Waals surface area contributed by atoms with Crippen LogP contribution in [0.5, 0.6) is 23.0 Å². The first-order chi connectivity index (χ1) is 20.9. The van der Waals surface area contributed by atoms with Crippen LogP contribution in [0.1, 0.15) is 44.5 Å². The van der Waals surface area contributed by atoms with Gasteiger partial charge in [0.25, 0.3) is 0 Å². The minimum absolute atomic E-state index is 0.651. The van der Waals surface area contributed by atoms with Crippen molar-refractivity contribution < 1.29 is 18.9 Å². The molecule has 2 heterocycles. The van der Waals surface area contributed by atoms with Crippen LogP contribution in [0.25, 0.3) is 0 Å². The Morgan fingerprint density at radius 1 is 0.558 bits per heavy atom. The average molecular weight is 571 g/mol. The number of para-hydroxylation sites is 2. The summed E-state index contributed by atoms with van der Waals surface area (Å²) in [6, 6.07) is 20.3. The number of hydrogen-bond acceptors (Lipinski definition) is 6. The fourth-order valence-corrected chi connectivity index (χ4v) is 6.26. The number of fused-ring (bicyclic) bond motifs is 6. The van der Waals surface area contributed by atoms with Gasteiger partial charge in [-0.15, -0.1) is 0 Å². The van der Waals surface area contributed by atoms with E-state index in [4.69, 9.17) is 18.9 Å². The normalized spacial score (nSPS) is 12.6. The van der Waals surface area contributed by atoms with Gasteiger partial charge < -0.3 is 28.7 Å². The zero-order valence-electron chi connectivity index (χ0n) is 25.4. The van der Waals surface area contributed by atoms with Gasteiger partial charge in [0.15, 0.2) is 23.0 Å². The number of hydrogen-bond donors (Lipinski definition) is 0. The summed E-state index contributed by atoms with van der Waals surface area (Å²) in [4.78, 5) is 4.92. The van der Waals surface area contributed by atoms with Crippen molar-refractivity contribution in [2.45, 2.75) is 26.9 Å². The summed E-state index contributed by atoms with van der Waals surface area (Å²) < 4.78 is 22.0. The van der Waals surface area contributed by atoms with E-state index in [1.807, 2.05) is 36.4 Å². The Kier molecular flexibility index (Phi) is 7.53. The van der Waals surface area contributed by atoms with Gasteiger partial charge in [0.1, 0.15) is 0 Å². The Hall–Kier alpha value is -5.20. The molecule has 0 saturated heterocycles. The van der Waals surface area contributed by atoms with Crippen molar-refractivity contribution in [1.29, 1.82) is 0 Å². The third-order valence-corrected chi connectivity index (χ3v) is 7.94. The van der Waals surface area contributed by atoms with E-state index in [9.17, 15) is 0 Å². The number of anilines is 2. The molecule has 43 heavy (non-hydrogen) atoms. The van der Waals surface area contributed by atoms with Gasteiger partial charge in [-0.1, -0.05) is 35.8 Å². The standard InChI is InChI=1S/C37H34N2O4/c1-24-17-26(13-15-28-9-7-11-32(40-3)36(28)42-5)19-30-21-39-23-38(34(24)30)22-31-20-27(18-25(2)35(31)39)14-16-29-10-8-12-33(41-4)37(29)43-6/h7-12,17-20H,21-23H2,1-6H3. The van der Waals surface area contributed by atoms with Gasteiger partial charge in [0, 0.05) is 35.6 Å². The first-order valence-corrected chi connectivity index (χ1v) is 14.2. The monoisotopic (exact) mass is 570 g/mol. The number of ether oxygens (including phenoxy) is 4. The second kappa shape index (κ2) is 11.6. The molecule has 0 fully saturated rings. The molecule has 4 aromatic rings. The summed E-state index contributed by atoms with van der Waals surface area (Å²) in [5.74, 6) is 16.0. The number of aryl methyl sites for hydroxylation is 2. The lowest BCUT2D eigenvalue weighted by atomic mass is 9.94. The Balaban J connectivity index is 1.31. The molecule has 0 saturated carbocycles. The van der Waals surface area contributed by atoms with Crippen LogP contribution < -0.4 is 28.7 Å². The van der Waals surface area contributed by atoms with E-state index in [0.29, 0.717) is 23.0 Å². The SMILES string of the molecule is COc1cccc(C#Cc2cc(C)c3c(c2)CN2CN3Cc3cc(C#Cc4cccc(OC)c4OC)cc(C)c32)c1OC. The molecule has 0 spiro atoms. The maximum absolute atomic E-state index is 5.57. The van der Waals surface area contributed by atoms with Crippen molar-refractivity contribution in [3.8, 4) is 46.7 Å². The summed E-state index contributed by atoms with van der Waals surface area (Å²) in [6.45, 7) is 6.86. The van der Waals surface area contributed by atoms with E-state index in [1.54, 1.807) is 28.4 Å². The van der Waals surface area contributed by atoms with Crippen molar-refractivity contribution in [3.05, 3.63) is 105 Å². The van der Waals surface area contributed by atoms with Gasteiger partial charge in [-0.3, -0.25) is 0 Å². The molecule has 0 unspecified atom stereocenters. The van der Waals surface area contributed by atoms with E-state index in [1.165, 1.54) is 33.6 Å². The second-order valence-corrected chi connectivity index (χ2v) is 10.7. The lowest BCUT2D eigenvalue weighted by Crippen LogP contribution is -2.46. The molecule has 2 aliphatic heterocycles. The van der Waals surface area contributed by atoms with Crippen molar-refractivity contribution >= 4 is 11.4 Å². The minimum Gasteiger partial charge on any atom is -0.493 e. The molecule has 6 nitrogen and oxygen atoms in total. The van der Waals surface area contributed by atoms with Crippen LogP contribution in [0.3, 0.4) is 0 Å². The zero-order valence-corrected chi connectivity index (χ0v) is 25.4. The van der Waals surface area contributed by atoms with Crippen LogP contribution in [-0.4, -0.2) is 35.1 Å². The Morgan fingerprint density at radius 2 is 1.00 bits per heavy atom. The third kappa shape index (κ3) is 5.17. The molecule has 0 N–H and O–H groups in total. The summed E-state index contributed by atoms with van der Waals surface area (Å²) in [5.41, 5.74) is 11.2. The van der Waals surface area contributed by atoms with Crippen molar-refractivity contribution in [2.75, 3.05) is 44.9 Å². The third-order valence-electron chi connectivity index (χ3n) is 7.94. The number of nitrogens with zero attached hydrogens (tertiary/aromatic N) is 2. The molecular formula is C37H34N2O4. The fraction of sp³-hybridized carbons (Fsp3) is 0.243. The van der Waals surface area contributed by atoms with Gasteiger partial charge in [-0.05, 0) is 84.6 Å². The maximum atomic E-state index is 5.57. The van der Waals surface area contributed by atoms with E-state index in [0.717, 1.165) is 42.0 Å². The second-order valence-electron chi connectivity index (χ2n) is 10.7. The molecule has 2 aliphatic rings. The van der Waals surface area contributed by atoms with Gasteiger partial charge in [0.2, 0.25) is 0 Å². The summed E-state index contributed by atoms with van der Waals surface area (Å²) in [6.07, 6.45) is 0. The molecule has 2 bridgehead atoms. The van der Waals surface area contributed by atoms with Gasteiger partial charge in [0.05, 0.1) is 46.2 Å². The van der Waals surface area contributed by atoms with Crippen LogP contribution >= 0.6 is 0 Å². The predicted octanol–water partition coefficient (Wildman–Crippen LogP) is 6.44. The molecule has 6 rings (SSSR count). The number of methoxy groups -OCH3 is 4. The van der Waals surface area contributed by atoms with E-state index >= 15 is 0 Å². The molecule has 0 aromatic heterocycles. The topological polar surface area (TPSA) is 43.4 Å². The highest BCUT2D eigenvalue weighted by atomic mass is 16.5. The molecule has 4 aromatic carbocycles. The molecule has 0 amide bonds. The summed E-state index contributed by atoms with van der Waals surface area (Å²) in [5, 5.41) is 0. The van der Waals surface area contributed by atoms with Crippen LogP contribution in [0.4, 0.5) is 11.4 Å². The van der Waals surface area contributed by atoms with Gasteiger partial charge in [-0.25, -0.2) is 0 Å². The van der Waals surface area contributed by atoms with Crippen molar-refractivity contribution in [1.82, 2.24) is 0 Å². The van der Waals surface area contributed by atoms with Crippen LogP contribution in [0, 0.1) is 37.5 Å². The Labute approximate surface area is 253 Å². The molecular weight excluding hydrogens is 536 g/mol. The molecule has 6 heteroatoms. The smallest absolute Gasteiger partial charge is 0.176 e. The number of rotatable bonds is 4. The minimum atomic E-state index is 0.651. The number of benzene rings is 4. The Morgan fingerprint density at radius 3 is 1.40 bits per heavy atom. The summed E-state index contributed by atoms with van der Waals surface area (Å²) >= 11 is 0. The van der Waals surface area contributed by atoms with E-state index in [2.05, 4.69) is 71.6 Å². The molecule has 0 atom stereocenters. The van der Waals surface area contributed by atoms with Crippen molar-refractivity contribution in [2.24, 2.45) is 0 Å². The maximum Gasteiger partial charge on any atom is 0.176 e. The zero-order chi connectivity index (χ0) is 30.1. The Bertz CT molecular complexity index is 1720.